The molecular weight excluding hydrogens is 304 g/mol. The van der Waals surface area contributed by atoms with Gasteiger partial charge in [0, 0.05) is 33.6 Å². The SMILES string of the molecule is CNc1cc(Cl)cnc1C(=O)N(C)c1cc(C)ccn1.CO. The molecule has 2 aromatic heterocycles. The second-order valence-electron chi connectivity index (χ2n) is 4.36. The summed E-state index contributed by atoms with van der Waals surface area (Å²) in [5.41, 5.74) is 1.93. The fraction of sp³-hybridized carbons (Fsp3) is 0.267. The summed E-state index contributed by atoms with van der Waals surface area (Å²) < 4.78 is 0. The van der Waals surface area contributed by atoms with Gasteiger partial charge >= 0.3 is 0 Å². The van der Waals surface area contributed by atoms with Gasteiger partial charge in [0.25, 0.3) is 5.91 Å². The van der Waals surface area contributed by atoms with Gasteiger partial charge in [-0.2, -0.15) is 0 Å². The zero-order valence-corrected chi connectivity index (χ0v) is 13.7. The van der Waals surface area contributed by atoms with Crippen LogP contribution in [-0.2, 0) is 0 Å². The predicted octanol–water partition coefficient (Wildman–Crippen LogP) is 2.37. The summed E-state index contributed by atoms with van der Waals surface area (Å²) >= 11 is 5.88. The third kappa shape index (κ3) is 4.16. The molecule has 0 aromatic carbocycles. The lowest BCUT2D eigenvalue weighted by Crippen LogP contribution is -2.28. The van der Waals surface area contributed by atoms with E-state index in [1.54, 1.807) is 26.4 Å². The van der Waals surface area contributed by atoms with Crippen LogP contribution in [0, 0.1) is 6.92 Å². The van der Waals surface area contributed by atoms with E-state index < -0.39 is 0 Å². The van der Waals surface area contributed by atoms with E-state index in [2.05, 4.69) is 15.3 Å². The molecule has 0 aliphatic heterocycles. The number of rotatable bonds is 3. The Bertz CT molecular complexity index is 649. The van der Waals surface area contributed by atoms with Crippen LogP contribution in [0.4, 0.5) is 11.5 Å². The number of aromatic nitrogens is 2. The summed E-state index contributed by atoms with van der Waals surface area (Å²) in [7, 11) is 4.38. The zero-order chi connectivity index (χ0) is 16.7. The molecule has 0 fully saturated rings. The number of carbonyl (C=O) groups excluding carboxylic acids is 1. The molecule has 1 amide bonds. The van der Waals surface area contributed by atoms with Crippen LogP contribution in [0.1, 0.15) is 16.1 Å². The van der Waals surface area contributed by atoms with E-state index in [0.29, 0.717) is 22.2 Å². The van der Waals surface area contributed by atoms with Crippen molar-refractivity contribution in [1.82, 2.24) is 9.97 Å². The van der Waals surface area contributed by atoms with E-state index in [1.165, 1.54) is 11.1 Å². The molecule has 2 rings (SSSR count). The number of nitrogens with one attached hydrogen (secondary N) is 1. The standard InChI is InChI=1S/C14H15ClN4O.CH4O/c1-9-4-5-17-12(6-9)19(3)14(20)13-11(16-2)7-10(15)8-18-13;1-2/h4-8,16H,1-3H3;2H,1H3. The fourth-order valence-corrected chi connectivity index (χ4v) is 1.92. The minimum atomic E-state index is -0.246. The maximum atomic E-state index is 12.5. The average molecular weight is 323 g/mol. The highest BCUT2D eigenvalue weighted by atomic mass is 35.5. The van der Waals surface area contributed by atoms with Crippen molar-refractivity contribution in [3.63, 3.8) is 0 Å². The maximum absolute atomic E-state index is 12.5. The van der Waals surface area contributed by atoms with E-state index in [9.17, 15) is 4.79 Å². The van der Waals surface area contributed by atoms with Gasteiger partial charge in [0.15, 0.2) is 5.69 Å². The lowest BCUT2D eigenvalue weighted by molar-refractivity contribution is 0.0988. The quantitative estimate of drug-likeness (QED) is 0.907. The molecule has 2 N–H and O–H groups in total. The minimum Gasteiger partial charge on any atom is -0.400 e. The Morgan fingerprint density at radius 1 is 1.32 bits per heavy atom. The van der Waals surface area contributed by atoms with Crippen LogP contribution in [0.3, 0.4) is 0 Å². The second-order valence-corrected chi connectivity index (χ2v) is 4.79. The molecule has 0 atom stereocenters. The number of aliphatic hydroxyl groups is 1. The fourth-order valence-electron chi connectivity index (χ4n) is 1.77. The molecular formula is C15H19ClN4O2. The van der Waals surface area contributed by atoms with Crippen LogP contribution in [0.5, 0.6) is 0 Å². The van der Waals surface area contributed by atoms with Crippen molar-refractivity contribution in [1.29, 1.82) is 0 Å². The Morgan fingerprint density at radius 3 is 2.59 bits per heavy atom. The third-order valence-corrected chi connectivity index (χ3v) is 3.08. The Labute approximate surface area is 134 Å². The van der Waals surface area contributed by atoms with Gasteiger partial charge in [-0.05, 0) is 30.7 Å². The highest BCUT2D eigenvalue weighted by Crippen LogP contribution is 2.21. The number of aliphatic hydroxyl groups excluding tert-OH is 1. The molecule has 0 aliphatic carbocycles. The third-order valence-electron chi connectivity index (χ3n) is 2.88. The molecule has 118 valence electrons. The van der Waals surface area contributed by atoms with Crippen molar-refractivity contribution >= 4 is 29.0 Å². The predicted molar refractivity (Wildman–Crippen MR) is 88.6 cm³/mol. The molecule has 0 saturated heterocycles. The first-order valence-electron chi connectivity index (χ1n) is 6.51. The van der Waals surface area contributed by atoms with Crippen molar-refractivity contribution in [2.24, 2.45) is 0 Å². The Kier molecular flexibility index (Phi) is 6.75. The van der Waals surface area contributed by atoms with Gasteiger partial charge in [-0.15, -0.1) is 0 Å². The van der Waals surface area contributed by atoms with E-state index in [-0.39, 0.29) is 5.91 Å². The first-order valence-corrected chi connectivity index (χ1v) is 6.89. The molecule has 6 nitrogen and oxygen atoms in total. The molecule has 0 saturated carbocycles. The van der Waals surface area contributed by atoms with Gasteiger partial charge in [0.2, 0.25) is 0 Å². The molecule has 0 unspecified atom stereocenters. The number of anilines is 2. The number of hydrogen-bond acceptors (Lipinski definition) is 5. The number of pyridine rings is 2. The summed E-state index contributed by atoms with van der Waals surface area (Å²) in [6.45, 7) is 1.95. The molecule has 0 radical (unpaired) electrons. The number of hydrogen-bond donors (Lipinski definition) is 2. The van der Waals surface area contributed by atoms with Crippen LogP contribution in [0.25, 0.3) is 0 Å². The smallest absolute Gasteiger partial charge is 0.279 e. The zero-order valence-electron chi connectivity index (χ0n) is 13.0. The molecule has 0 bridgehead atoms. The average Bonchev–Trinajstić information content (AvgIpc) is 2.55. The van der Waals surface area contributed by atoms with Gasteiger partial charge < -0.3 is 10.4 Å². The largest absolute Gasteiger partial charge is 0.400 e. The molecule has 22 heavy (non-hydrogen) atoms. The van der Waals surface area contributed by atoms with Gasteiger partial charge in [0.1, 0.15) is 5.82 Å². The van der Waals surface area contributed by atoms with Crippen molar-refractivity contribution in [3.05, 3.63) is 46.9 Å². The monoisotopic (exact) mass is 322 g/mol. The number of carbonyl (C=O) groups is 1. The van der Waals surface area contributed by atoms with E-state index in [1.807, 2.05) is 19.1 Å². The first kappa shape index (κ1) is 17.9. The number of halogens is 1. The topological polar surface area (TPSA) is 78.4 Å². The molecule has 0 aliphatic rings. The Hall–Kier alpha value is -2.18. The van der Waals surface area contributed by atoms with E-state index in [4.69, 9.17) is 16.7 Å². The normalized spacial score (nSPS) is 9.55. The highest BCUT2D eigenvalue weighted by Gasteiger charge is 2.19. The minimum absolute atomic E-state index is 0.246. The molecule has 2 aromatic rings. The Morgan fingerprint density at radius 2 is 2.00 bits per heavy atom. The van der Waals surface area contributed by atoms with Crippen LogP contribution in [0.2, 0.25) is 5.02 Å². The van der Waals surface area contributed by atoms with Gasteiger partial charge in [-0.3, -0.25) is 9.69 Å². The number of amides is 1. The van der Waals surface area contributed by atoms with E-state index in [0.717, 1.165) is 12.7 Å². The summed E-state index contributed by atoms with van der Waals surface area (Å²) in [6.07, 6.45) is 3.12. The van der Waals surface area contributed by atoms with Crippen molar-refractivity contribution in [2.75, 3.05) is 31.4 Å². The van der Waals surface area contributed by atoms with Gasteiger partial charge in [-0.25, -0.2) is 9.97 Å². The molecule has 0 spiro atoms. The van der Waals surface area contributed by atoms with Crippen LogP contribution in [0.15, 0.2) is 30.6 Å². The van der Waals surface area contributed by atoms with E-state index >= 15 is 0 Å². The van der Waals surface area contributed by atoms with Gasteiger partial charge in [-0.1, -0.05) is 11.6 Å². The van der Waals surface area contributed by atoms with Crippen LogP contribution < -0.4 is 10.2 Å². The molecule has 2 heterocycles. The summed E-state index contributed by atoms with van der Waals surface area (Å²) in [4.78, 5) is 22.2. The van der Waals surface area contributed by atoms with Crippen molar-refractivity contribution in [2.45, 2.75) is 6.92 Å². The lowest BCUT2D eigenvalue weighted by atomic mass is 10.2. The maximum Gasteiger partial charge on any atom is 0.279 e. The second kappa shape index (κ2) is 8.31. The van der Waals surface area contributed by atoms with Crippen LogP contribution in [-0.4, -0.2) is 42.2 Å². The number of aryl methyl sites for hydroxylation is 1. The Balaban J connectivity index is 0.00000116. The summed E-state index contributed by atoms with van der Waals surface area (Å²) in [6, 6.07) is 5.38. The summed E-state index contributed by atoms with van der Waals surface area (Å²) in [5, 5.41) is 10.4. The van der Waals surface area contributed by atoms with Crippen molar-refractivity contribution in [3.8, 4) is 0 Å². The van der Waals surface area contributed by atoms with Crippen molar-refractivity contribution < 1.29 is 9.90 Å². The lowest BCUT2D eigenvalue weighted by Gasteiger charge is -2.17. The van der Waals surface area contributed by atoms with Gasteiger partial charge in [0.05, 0.1) is 10.7 Å². The molecule has 7 heteroatoms. The highest BCUT2D eigenvalue weighted by molar-refractivity contribution is 6.31. The van der Waals surface area contributed by atoms with Crippen LogP contribution >= 0.6 is 11.6 Å². The number of nitrogens with zero attached hydrogens (tertiary/aromatic N) is 3. The first-order chi connectivity index (χ1) is 10.5. The summed E-state index contributed by atoms with van der Waals surface area (Å²) in [5.74, 6) is 0.331.